The lowest BCUT2D eigenvalue weighted by molar-refractivity contribution is -0.0901. The van der Waals surface area contributed by atoms with Crippen molar-refractivity contribution in [3.8, 4) is 6.07 Å². The van der Waals surface area contributed by atoms with Gasteiger partial charge in [-0.15, -0.1) is 0 Å². The normalized spacial score (nSPS) is 32.5. The van der Waals surface area contributed by atoms with E-state index in [0.717, 1.165) is 6.42 Å². The molecule has 17 heavy (non-hydrogen) atoms. The molecule has 1 aliphatic rings. The van der Waals surface area contributed by atoms with Gasteiger partial charge in [-0.1, -0.05) is 12.0 Å². The average Bonchev–Trinajstić information content (AvgIpc) is 2.35. The summed E-state index contributed by atoms with van der Waals surface area (Å²) in [6, 6.07) is 2.36. The predicted octanol–water partition coefficient (Wildman–Crippen LogP) is 2.13. The summed E-state index contributed by atoms with van der Waals surface area (Å²) >= 11 is 0. The predicted molar refractivity (Wildman–Crippen MR) is 64.2 cm³/mol. The van der Waals surface area contributed by atoms with Crippen molar-refractivity contribution in [2.24, 2.45) is 5.11 Å². The van der Waals surface area contributed by atoms with Crippen molar-refractivity contribution in [3.05, 3.63) is 10.4 Å². The Morgan fingerprint density at radius 3 is 3.00 bits per heavy atom. The van der Waals surface area contributed by atoms with Crippen molar-refractivity contribution >= 4 is 0 Å². The van der Waals surface area contributed by atoms with Gasteiger partial charge in [-0.25, -0.2) is 0 Å². The quantitative estimate of drug-likeness (QED) is 0.343. The molecular weight excluding hydrogens is 218 g/mol. The van der Waals surface area contributed by atoms with E-state index in [-0.39, 0.29) is 5.60 Å². The Balaban J connectivity index is 2.62. The number of azide groups is 1. The first-order valence-electron chi connectivity index (χ1n) is 5.91. The van der Waals surface area contributed by atoms with Crippen molar-refractivity contribution in [2.75, 3.05) is 19.7 Å². The van der Waals surface area contributed by atoms with Crippen LogP contribution in [0.5, 0.6) is 0 Å². The zero-order valence-corrected chi connectivity index (χ0v) is 10.4. The second kappa shape index (κ2) is 5.87. The third-order valence-corrected chi connectivity index (χ3v) is 3.36. The maximum absolute atomic E-state index is 9.35. The summed E-state index contributed by atoms with van der Waals surface area (Å²) in [5, 5.41) is 16.0. The summed E-state index contributed by atoms with van der Waals surface area (Å²) in [6.07, 6.45) is 2.23. The summed E-state index contributed by atoms with van der Waals surface area (Å²) in [5.74, 6) is 0. The van der Waals surface area contributed by atoms with E-state index >= 15 is 0 Å². The average molecular weight is 237 g/mol. The van der Waals surface area contributed by atoms with Gasteiger partial charge in [0.05, 0.1) is 18.3 Å². The summed E-state index contributed by atoms with van der Waals surface area (Å²) in [7, 11) is 0. The Labute approximate surface area is 102 Å². The van der Waals surface area contributed by atoms with Crippen LogP contribution in [-0.4, -0.2) is 30.8 Å². The Morgan fingerprint density at radius 2 is 2.41 bits per heavy atom. The van der Waals surface area contributed by atoms with E-state index < -0.39 is 5.54 Å². The van der Waals surface area contributed by atoms with Crippen LogP contribution in [-0.2, 0) is 4.74 Å². The van der Waals surface area contributed by atoms with E-state index in [4.69, 9.17) is 10.3 Å². The van der Waals surface area contributed by atoms with Gasteiger partial charge in [0.15, 0.2) is 0 Å². The first-order valence-corrected chi connectivity index (χ1v) is 5.91. The van der Waals surface area contributed by atoms with Crippen LogP contribution in [0.4, 0.5) is 0 Å². The second-order valence-electron chi connectivity index (χ2n) is 4.65. The zero-order valence-electron chi connectivity index (χ0n) is 10.4. The zero-order chi connectivity index (χ0) is 12.8. The van der Waals surface area contributed by atoms with E-state index in [9.17, 15) is 5.26 Å². The molecule has 0 spiro atoms. The first kappa shape index (κ1) is 13.8. The molecule has 1 aliphatic heterocycles. The van der Waals surface area contributed by atoms with Crippen molar-refractivity contribution in [1.29, 1.82) is 5.26 Å². The summed E-state index contributed by atoms with van der Waals surface area (Å²) in [4.78, 5) is 2.69. The Bertz CT molecular complexity index is 346. The van der Waals surface area contributed by atoms with Crippen LogP contribution in [0.3, 0.4) is 0 Å². The molecule has 1 heterocycles. The number of nitrogens with zero attached hydrogens (tertiary/aromatic N) is 4. The molecule has 0 bridgehead atoms. The fourth-order valence-corrected chi connectivity index (χ4v) is 2.15. The van der Waals surface area contributed by atoms with Crippen LogP contribution < -0.4 is 5.32 Å². The maximum Gasteiger partial charge on any atom is 0.111 e. The molecule has 6 nitrogen and oxygen atoms in total. The molecule has 0 saturated carbocycles. The molecule has 0 radical (unpaired) electrons. The third-order valence-electron chi connectivity index (χ3n) is 3.36. The van der Waals surface area contributed by atoms with Gasteiger partial charge in [-0.3, -0.25) is 5.32 Å². The Kier molecular flexibility index (Phi) is 4.76. The second-order valence-corrected chi connectivity index (χ2v) is 4.65. The Hall–Kier alpha value is -1.28. The van der Waals surface area contributed by atoms with Crippen LogP contribution in [0.2, 0.25) is 0 Å². The number of hydrogen-bond donors (Lipinski definition) is 1. The van der Waals surface area contributed by atoms with Crippen LogP contribution in [0.1, 0.15) is 33.1 Å². The summed E-state index contributed by atoms with van der Waals surface area (Å²) in [5.41, 5.74) is 7.41. The minimum atomic E-state index is -0.548. The fourth-order valence-electron chi connectivity index (χ4n) is 2.15. The largest absolute Gasteiger partial charge is 0.375 e. The molecule has 1 rings (SSSR count). The molecule has 0 amide bonds. The lowest BCUT2D eigenvalue weighted by Gasteiger charge is -2.42. The third kappa shape index (κ3) is 3.60. The molecule has 0 aromatic rings. The van der Waals surface area contributed by atoms with E-state index in [1.54, 1.807) is 0 Å². The van der Waals surface area contributed by atoms with Gasteiger partial charge < -0.3 is 4.74 Å². The minimum absolute atomic E-state index is 0.237. The number of nitriles is 1. The number of ether oxygens (including phenoxy) is 1. The van der Waals surface area contributed by atoms with Gasteiger partial charge in [-0.2, -0.15) is 5.26 Å². The van der Waals surface area contributed by atoms with Crippen LogP contribution in [0.25, 0.3) is 10.4 Å². The highest BCUT2D eigenvalue weighted by Crippen LogP contribution is 2.34. The monoisotopic (exact) mass is 237 g/mol. The highest BCUT2D eigenvalue weighted by atomic mass is 16.5. The van der Waals surface area contributed by atoms with Crippen LogP contribution in [0, 0.1) is 11.3 Å². The van der Waals surface area contributed by atoms with Crippen LogP contribution >= 0.6 is 0 Å². The maximum atomic E-state index is 9.35. The van der Waals surface area contributed by atoms with E-state index in [1.165, 1.54) is 0 Å². The smallest absolute Gasteiger partial charge is 0.111 e. The minimum Gasteiger partial charge on any atom is -0.375 e. The van der Waals surface area contributed by atoms with Gasteiger partial charge in [-0.05, 0) is 18.9 Å². The fraction of sp³-hybridized carbons (Fsp3) is 0.909. The van der Waals surface area contributed by atoms with E-state index in [2.05, 4.69) is 28.3 Å². The molecule has 0 aromatic carbocycles. The highest BCUT2D eigenvalue weighted by Gasteiger charge is 2.42. The van der Waals surface area contributed by atoms with E-state index in [0.29, 0.717) is 32.5 Å². The highest BCUT2D eigenvalue weighted by molar-refractivity contribution is 5.12. The van der Waals surface area contributed by atoms with Crippen molar-refractivity contribution in [2.45, 2.75) is 44.2 Å². The van der Waals surface area contributed by atoms with Gasteiger partial charge in [0.1, 0.15) is 5.54 Å². The number of rotatable bonds is 5. The van der Waals surface area contributed by atoms with Gasteiger partial charge in [0, 0.05) is 30.8 Å². The molecule has 94 valence electrons. The van der Waals surface area contributed by atoms with Gasteiger partial charge in [0.25, 0.3) is 0 Å². The molecule has 2 atom stereocenters. The lowest BCUT2D eigenvalue weighted by Crippen LogP contribution is -2.55. The van der Waals surface area contributed by atoms with Crippen molar-refractivity contribution in [1.82, 2.24) is 5.32 Å². The van der Waals surface area contributed by atoms with Crippen LogP contribution in [0.15, 0.2) is 5.11 Å². The summed E-state index contributed by atoms with van der Waals surface area (Å²) < 4.78 is 5.73. The molecule has 1 fully saturated rings. The topological polar surface area (TPSA) is 93.8 Å². The Morgan fingerprint density at radius 1 is 1.65 bits per heavy atom. The standard InChI is InChI=1S/C11H19N5O/c1-3-10(2)8-11(9-12,4-7-17-10)14-5-6-15-16-13/h14H,3-8H2,1-2H3. The molecule has 0 aliphatic carbocycles. The van der Waals surface area contributed by atoms with Crippen molar-refractivity contribution < 1.29 is 4.74 Å². The molecule has 0 aromatic heterocycles. The summed E-state index contributed by atoms with van der Waals surface area (Å²) in [6.45, 7) is 5.58. The van der Waals surface area contributed by atoms with E-state index in [1.807, 2.05) is 6.92 Å². The first-order chi connectivity index (χ1) is 8.10. The lowest BCUT2D eigenvalue weighted by atomic mass is 9.80. The SMILES string of the molecule is CCC1(C)CC(C#N)(NCCN=[N+]=[N-])CCO1. The number of nitrogens with one attached hydrogen (secondary N) is 1. The number of hydrogen-bond acceptors (Lipinski definition) is 4. The van der Waals surface area contributed by atoms with Gasteiger partial charge in [0.2, 0.25) is 0 Å². The molecular formula is C11H19N5O. The molecule has 1 N–H and O–H groups in total. The molecule has 2 unspecified atom stereocenters. The van der Waals surface area contributed by atoms with Gasteiger partial charge >= 0.3 is 0 Å². The molecule has 1 saturated heterocycles. The molecule has 6 heteroatoms. The van der Waals surface area contributed by atoms with Crippen molar-refractivity contribution in [3.63, 3.8) is 0 Å².